The van der Waals surface area contributed by atoms with Gasteiger partial charge in [-0.05, 0) is 19.8 Å². The first-order chi connectivity index (χ1) is 6.27. The molecule has 0 atom stereocenters. The lowest BCUT2D eigenvalue weighted by atomic mass is 10.4. The van der Waals surface area contributed by atoms with E-state index in [0.29, 0.717) is 6.04 Å². The Morgan fingerprint density at radius 3 is 3.00 bits per heavy atom. The van der Waals surface area contributed by atoms with Gasteiger partial charge in [0.25, 0.3) is 5.91 Å². The van der Waals surface area contributed by atoms with Crippen LogP contribution in [0.4, 0.5) is 0 Å². The fourth-order valence-electron chi connectivity index (χ4n) is 1.21. The summed E-state index contributed by atoms with van der Waals surface area (Å²) in [5, 5.41) is 2.96. The first-order valence-corrected chi connectivity index (χ1v) is 5.53. The summed E-state index contributed by atoms with van der Waals surface area (Å²) in [7, 11) is 0. The van der Waals surface area contributed by atoms with Crippen molar-refractivity contribution in [3.8, 4) is 0 Å². The Morgan fingerprint density at radius 2 is 2.38 bits per heavy atom. The molecule has 1 heterocycles. The number of allylic oxidation sites excluding steroid dienone is 1. The molecule has 72 valence electrons. The highest BCUT2D eigenvalue weighted by atomic mass is 32.2. The van der Waals surface area contributed by atoms with E-state index in [1.807, 2.05) is 6.92 Å². The average molecular weight is 199 g/mol. The zero-order valence-corrected chi connectivity index (χ0v) is 8.45. The maximum Gasteiger partial charge on any atom is 0.261 e. The fraction of sp³-hybridized carbons (Fsp3) is 0.667. The number of rotatable bonds is 2. The molecule has 13 heavy (non-hydrogen) atoms. The van der Waals surface area contributed by atoms with Gasteiger partial charge in [-0.25, -0.2) is 0 Å². The second kappa shape index (κ2) is 3.62. The predicted octanol–water partition coefficient (Wildman–Crippen LogP) is 1.26. The van der Waals surface area contributed by atoms with Crippen molar-refractivity contribution >= 4 is 17.7 Å². The van der Waals surface area contributed by atoms with Crippen LogP contribution in [0.15, 0.2) is 10.7 Å². The molecule has 0 aromatic heterocycles. The third-order valence-electron chi connectivity index (χ3n) is 2.09. The molecule has 1 N–H and O–H groups in total. The van der Waals surface area contributed by atoms with E-state index in [1.54, 1.807) is 11.8 Å². The van der Waals surface area contributed by atoms with Crippen LogP contribution in [-0.4, -0.2) is 24.3 Å². The lowest BCUT2D eigenvalue weighted by Gasteiger charge is -2.17. The first-order valence-electron chi connectivity index (χ1n) is 4.54. The number of nitrogens with one attached hydrogen (secondary N) is 1. The summed E-state index contributed by atoms with van der Waals surface area (Å²) in [5.41, 5.74) is 0. The molecule has 1 amide bonds. The maximum atomic E-state index is 11.6. The molecule has 1 aliphatic heterocycles. The van der Waals surface area contributed by atoms with E-state index in [4.69, 9.17) is 4.74 Å². The molecule has 0 spiro atoms. The highest BCUT2D eigenvalue weighted by molar-refractivity contribution is 8.04. The third-order valence-corrected chi connectivity index (χ3v) is 3.22. The molecule has 0 saturated heterocycles. The molecule has 1 aliphatic carbocycles. The average Bonchev–Trinajstić information content (AvgIpc) is 2.89. The van der Waals surface area contributed by atoms with Crippen LogP contribution in [0.5, 0.6) is 0 Å². The van der Waals surface area contributed by atoms with Gasteiger partial charge in [0.05, 0.1) is 6.61 Å². The van der Waals surface area contributed by atoms with E-state index in [9.17, 15) is 4.79 Å². The molecule has 3 nitrogen and oxygen atoms in total. The molecule has 0 radical (unpaired) electrons. The van der Waals surface area contributed by atoms with E-state index < -0.39 is 0 Å². The summed E-state index contributed by atoms with van der Waals surface area (Å²) in [4.78, 5) is 12.4. The van der Waals surface area contributed by atoms with Gasteiger partial charge in [-0.3, -0.25) is 4.79 Å². The van der Waals surface area contributed by atoms with Gasteiger partial charge in [-0.2, -0.15) is 0 Å². The topological polar surface area (TPSA) is 38.3 Å². The van der Waals surface area contributed by atoms with Gasteiger partial charge < -0.3 is 10.1 Å². The molecule has 4 heteroatoms. The maximum absolute atomic E-state index is 11.6. The summed E-state index contributed by atoms with van der Waals surface area (Å²) < 4.78 is 5.31. The highest BCUT2D eigenvalue weighted by Crippen LogP contribution is 2.27. The third kappa shape index (κ3) is 2.18. The fourth-order valence-corrected chi connectivity index (χ4v) is 2.03. The molecule has 0 aromatic rings. The van der Waals surface area contributed by atoms with Gasteiger partial charge in [0.2, 0.25) is 0 Å². The quantitative estimate of drug-likeness (QED) is 0.727. The van der Waals surface area contributed by atoms with Crippen molar-refractivity contribution in [2.75, 3.05) is 12.4 Å². The van der Waals surface area contributed by atoms with Crippen LogP contribution in [0.2, 0.25) is 0 Å². The zero-order valence-electron chi connectivity index (χ0n) is 7.63. The predicted molar refractivity (Wildman–Crippen MR) is 52.3 cm³/mol. The number of thioether (sulfide) groups is 1. The van der Waals surface area contributed by atoms with Crippen LogP contribution >= 0.6 is 11.8 Å². The van der Waals surface area contributed by atoms with E-state index in [2.05, 4.69) is 5.32 Å². The van der Waals surface area contributed by atoms with Crippen molar-refractivity contribution in [3.05, 3.63) is 10.7 Å². The number of ether oxygens (including phenoxy) is 1. The Balaban J connectivity index is 1.99. The molecule has 0 unspecified atom stereocenters. The largest absolute Gasteiger partial charge is 0.496 e. The van der Waals surface area contributed by atoms with Crippen molar-refractivity contribution in [2.24, 2.45) is 0 Å². The molecule has 1 saturated carbocycles. The van der Waals surface area contributed by atoms with E-state index >= 15 is 0 Å². The lowest BCUT2D eigenvalue weighted by molar-refractivity contribution is -0.117. The van der Waals surface area contributed by atoms with Gasteiger partial charge in [0, 0.05) is 11.8 Å². The van der Waals surface area contributed by atoms with Gasteiger partial charge in [-0.15, -0.1) is 11.8 Å². The van der Waals surface area contributed by atoms with Crippen molar-refractivity contribution in [1.29, 1.82) is 0 Å². The Morgan fingerprint density at radius 1 is 1.62 bits per heavy atom. The minimum absolute atomic E-state index is 0.0460. The Kier molecular flexibility index (Phi) is 2.49. The van der Waals surface area contributed by atoms with Crippen LogP contribution in [0.3, 0.4) is 0 Å². The molecule has 0 aromatic carbocycles. The molecular weight excluding hydrogens is 186 g/mol. The molecular formula is C9H13NO2S. The van der Waals surface area contributed by atoms with E-state index in [0.717, 1.165) is 35.9 Å². The summed E-state index contributed by atoms with van der Waals surface area (Å²) in [6, 6.07) is 0.426. The van der Waals surface area contributed by atoms with Crippen LogP contribution in [0.25, 0.3) is 0 Å². The zero-order chi connectivity index (χ0) is 9.26. The smallest absolute Gasteiger partial charge is 0.261 e. The number of carbonyl (C=O) groups excluding carboxylic acids is 1. The molecule has 2 rings (SSSR count). The highest BCUT2D eigenvalue weighted by Gasteiger charge is 2.26. The number of carbonyl (C=O) groups is 1. The van der Waals surface area contributed by atoms with E-state index in [-0.39, 0.29) is 5.91 Å². The van der Waals surface area contributed by atoms with Crippen molar-refractivity contribution in [2.45, 2.75) is 25.8 Å². The Bertz CT molecular complexity index is 258. The van der Waals surface area contributed by atoms with Crippen molar-refractivity contribution in [1.82, 2.24) is 5.32 Å². The van der Waals surface area contributed by atoms with Crippen LogP contribution in [0, 0.1) is 0 Å². The van der Waals surface area contributed by atoms with Gasteiger partial charge in [0.1, 0.15) is 10.7 Å². The minimum Gasteiger partial charge on any atom is -0.496 e. The second-order valence-electron chi connectivity index (χ2n) is 3.33. The molecule has 1 fully saturated rings. The van der Waals surface area contributed by atoms with Gasteiger partial charge >= 0.3 is 0 Å². The molecule has 2 aliphatic rings. The van der Waals surface area contributed by atoms with Crippen LogP contribution in [0.1, 0.15) is 19.8 Å². The SMILES string of the molecule is CC1=C(C(=O)NC2CC2)SCCO1. The summed E-state index contributed by atoms with van der Waals surface area (Å²) in [6.45, 7) is 2.57. The van der Waals surface area contributed by atoms with Crippen LogP contribution < -0.4 is 5.32 Å². The van der Waals surface area contributed by atoms with Crippen LogP contribution in [-0.2, 0) is 9.53 Å². The summed E-state index contributed by atoms with van der Waals surface area (Å²) in [6.07, 6.45) is 2.26. The second-order valence-corrected chi connectivity index (χ2v) is 4.44. The first kappa shape index (κ1) is 8.94. The molecule has 0 bridgehead atoms. The van der Waals surface area contributed by atoms with Crippen molar-refractivity contribution < 1.29 is 9.53 Å². The lowest BCUT2D eigenvalue weighted by Crippen LogP contribution is -2.28. The minimum atomic E-state index is 0.0460. The standard InChI is InChI=1S/C9H13NO2S/c1-6-8(13-5-4-12-6)9(11)10-7-2-3-7/h7H,2-5H2,1H3,(H,10,11). The summed E-state index contributed by atoms with van der Waals surface area (Å²) in [5.74, 6) is 1.70. The Labute approximate surface area is 81.9 Å². The van der Waals surface area contributed by atoms with Gasteiger partial charge in [-0.1, -0.05) is 0 Å². The number of hydrogen-bond donors (Lipinski definition) is 1. The number of amides is 1. The monoisotopic (exact) mass is 199 g/mol. The van der Waals surface area contributed by atoms with Crippen molar-refractivity contribution in [3.63, 3.8) is 0 Å². The van der Waals surface area contributed by atoms with E-state index in [1.165, 1.54) is 0 Å². The summed E-state index contributed by atoms with van der Waals surface area (Å²) >= 11 is 1.59. The Hall–Kier alpha value is -0.640. The normalized spacial score (nSPS) is 22.5. The number of hydrogen-bond acceptors (Lipinski definition) is 3. The van der Waals surface area contributed by atoms with Gasteiger partial charge in [0.15, 0.2) is 0 Å².